The van der Waals surface area contributed by atoms with Gasteiger partial charge in [0, 0.05) is 15.4 Å². The molecule has 132 valence electrons. The maximum absolute atomic E-state index is 12.9. The molecule has 2 atom stereocenters. The zero-order chi connectivity index (χ0) is 18.2. The zero-order valence-corrected chi connectivity index (χ0v) is 17.4. The second-order valence-electron chi connectivity index (χ2n) is 5.98. The number of esters is 1. The number of halogens is 5. The second kappa shape index (κ2) is 7.28. The highest BCUT2D eigenvalue weighted by Gasteiger charge is 2.63. The fraction of sp³-hybridized carbons (Fsp3) is 0.278. The van der Waals surface area contributed by atoms with Gasteiger partial charge in [-0.3, -0.25) is 4.79 Å². The molecule has 0 bridgehead atoms. The zero-order valence-electron chi connectivity index (χ0n) is 12.8. The van der Waals surface area contributed by atoms with Crippen LogP contribution in [0.4, 0.5) is 0 Å². The van der Waals surface area contributed by atoms with Crippen LogP contribution in [0.1, 0.15) is 23.5 Å². The van der Waals surface area contributed by atoms with Crippen molar-refractivity contribution >= 4 is 68.3 Å². The van der Waals surface area contributed by atoms with Gasteiger partial charge in [-0.25, -0.2) is 0 Å². The summed E-state index contributed by atoms with van der Waals surface area (Å²) in [7, 11) is 0. The molecule has 25 heavy (non-hydrogen) atoms. The Kier molecular flexibility index (Phi) is 5.63. The smallest absolute Gasteiger partial charge is 0.317 e. The van der Waals surface area contributed by atoms with Crippen LogP contribution in [0.25, 0.3) is 0 Å². The third-order valence-corrected chi connectivity index (χ3v) is 5.43. The van der Waals surface area contributed by atoms with Crippen LogP contribution in [0.2, 0.25) is 5.02 Å². The molecule has 0 heterocycles. The Balaban J connectivity index is 1.92. The Bertz CT molecular complexity index is 771. The molecule has 1 fully saturated rings. The van der Waals surface area contributed by atoms with Crippen LogP contribution in [0.5, 0.6) is 0 Å². The topological polar surface area (TPSA) is 26.3 Å². The van der Waals surface area contributed by atoms with Crippen LogP contribution in [-0.4, -0.2) is 16.4 Å². The van der Waals surface area contributed by atoms with Gasteiger partial charge in [0.25, 0.3) is 0 Å². The summed E-state index contributed by atoms with van der Waals surface area (Å²) >= 11 is 26.5. The van der Waals surface area contributed by atoms with E-state index in [-0.39, 0.29) is 18.5 Å². The Morgan fingerprint density at radius 3 is 2.28 bits per heavy atom. The predicted octanol–water partition coefficient (Wildman–Crippen LogP) is 6.44. The van der Waals surface area contributed by atoms with E-state index in [0.717, 1.165) is 15.6 Å². The lowest BCUT2D eigenvalue weighted by atomic mass is 9.91. The lowest BCUT2D eigenvalue weighted by Gasteiger charge is -2.19. The van der Waals surface area contributed by atoms with Gasteiger partial charge >= 0.3 is 5.97 Å². The van der Waals surface area contributed by atoms with Gasteiger partial charge in [0.15, 0.2) is 0 Å². The van der Waals surface area contributed by atoms with Gasteiger partial charge in [0.2, 0.25) is 3.79 Å². The lowest BCUT2D eigenvalue weighted by Crippen LogP contribution is -2.28. The van der Waals surface area contributed by atoms with Gasteiger partial charge in [-0.15, -0.1) is 0 Å². The molecule has 0 amide bonds. The third kappa shape index (κ3) is 4.28. The molecule has 0 saturated heterocycles. The fourth-order valence-corrected chi connectivity index (χ4v) is 3.60. The molecule has 0 N–H and O–H groups in total. The average molecular weight is 483 g/mol. The van der Waals surface area contributed by atoms with Crippen molar-refractivity contribution in [1.29, 1.82) is 0 Å². The molecule has 0 radical (unpaired) electrons. The molecule has 2 aromatic carbocycles. The van der Waals surface area contributed by atoms with Crippen LogP contribution < -0.4 is 0 Å². The van der Waals surface area contributed by atoms with E-state index in [4.69, 9.17) is 51.1 Å². The van der Waals surface area contributed by atoms with Gasteiger partial charge in [-0.05, 0) is 41.8 Å². The SMILES string of the molecule is O=C(OCC(Cl)(Cl)Cl)[C@@]1(c2ccc(Br)cc2)C[C@@H]1c1ccc(Cl)cc1. The van der Waals surface area contributed by atoms with Crippen LogP contribution in [0.15, 0.2) is 53.0 Å². The highest BCUT2D eigenvalue weighted by Crippen LogP contribution is 2.61. The first-order chi connectivity index (χ1) is 11.7. The summed E-state index contributed by atoms with van der Waals surface area (Å²) in [5, 5.41) is 0.650. The van der Waals surface area contributed by atoms with Crippen molar-refractivity contribution in [2.75, 3.05) is 6.61 Å². The van der Waals surface area contributed by atoms with Crippen molar-refractivity contribution < 1.29 is 9.53 Å². The molecule has 2 nitrogen and oxygen atoms in total. The molecular weight excluding hydrogens is 470 g/mol. The van der Waals surface area contributed by atoms with Crippen molar-refractivity contribution in [2.24, 2.45) is 0 Å². The van der Waals surface area contributed by atoms with Crippen molar-refractivity contribution in [3.63, 3.8) is 0 Å². The molecule has 1 saturated carbocycles. The van der Waals surface area contributed by atoms with Gasteiger partial charge in [0.1, 0.15) is 12.0 Å². The van der Waals surface area contributed by atoms with Crippen molar-refractivity contribution in [3.05, 3.63) is 69.2 Å². The largest absolute Gasteiger partial charge is 0.460 e. The lowest BCUT2D eigenvalue weighted by molar-refractivity contribution is -0.146. The van der Waals surface area contributed by atoms with E-state index in [2.05, 4.69) is 15.9 Å². The predicted molar refractivity (Wildman–Crippen MR) is 106 cm³/mol. The van der Waals surface area contributed by atoms with E-state index in [9.17, 15) is 4.79 Å². The van der Waals surface area contributed by atoms with Gasteiger partial charge in [-0.1, -0.05) is 86.6 Å². The minimum Gasteiger partial charge on any atom is -0.460 e. The van der Waals surface area contributed by atoms with E-state index in [1.54, 1.807) is 0 Å². The van der Waals surface area contributed by atoms with E-state index in [1.807, 2.05) is 48.5 Å². The normalized spacial score (nSPS) is 22.5. The standard InChI is InChI=1S/C18H13BrCl4O2/c19-13-5-3-12(4-6-13)17(16(24)25-10-18(21,22)23)9-15(17)11-1-7-14(20)8-2-11/h1-8,15H,9-10H2/t15-,17-/m1/s1. The van der Waals surface area contributed by atoms with Crippen molar-refractivity contribution in [3.8, 4) is 0 Å². The van der Waals surface area contributed by atoms with E-state index in [1.165, 1.54) is 0 Å². The van der Waals surface area contributed by atoms with Crippen molar-refractivity contribution in [1.82, 2.24) is 0 Å². The number of ether oxygens (including phenoxy) is 1. The van der Waals surface area contributed by atoms with Gasteiger partial charge < -0.3 is 4.74 Å². The number of carbonyl (C=O) groups excluding carboxylic acids is 1. The monoisotopic (exact) mass is 480 g/mol. The number of carbonyl (C=O) groups is 1. The Labute approximate surface area is 174 Å². The second-order valence-corrected chi connectivity index (χ2v) is 9.85. The Hall–Kier alpha value is -0.450. The summed E-state index contributed by atoms with van der Waals surface area (Å²) in [4.78, 5) is 12.9. The van der Waals surface area contributed by atoms with E-state index >= 15 is 0 Å². The molecular formula is C18H13BrCl4O2. The Morgan fingerprint density at radius 1 is 1.12 bits per heavy atom. The molecule has 0 aromatic heterocycles. The first-order valence-electron chi connectivity index (χ1n) is 7.48. The number of hydrogen-bond acceptors (Lipinski definition) is 2. The number of rotatable bonds is 4. The van der Waals surface area contributed by atoms with E-state index < -0.39 is 9.21 Å². The molecule has 1 aliphatic rings. The molecule has 3 rings (SSSR count). The molecule has 1 aliphatic carbocycles. The van der Waals surface area contributed by atoms with E-state index in [0.29, 0.717) is 11.4 Å². The summed E-state index contributed by atoms with van der Waals surface area (Å²) in [5.74, 6) is -0.394. The molecule has 0 unspecified atom stereocenters. The summed E-state index contributed by atoms with van der Waals surface area (Å²) in [6.07, 6.45) is 0.634. The molecule has 2 aromatic rings. The third-order valence-electron chi connectivity index (χ3n) is 4.32. The molecule has 0 spiro atoms. The number of hydrogen-bond donors (Lipinski definition) is 0. The quantitative estimate of drug-likeness (QED) is 0.370. The first-order valence-corrected chi connectivity index (χ1v) is 9.78. The number of benzene rings is 2. The number of alkyl halides is 3. The van der Waals surface area contributed by atoms with Gasteiger partial charge in [0.05, 0.1) is 0 Å². The maximum Gasteiger partial charge on any atom is 0.317 e. The maximum atomic E-state index is 12.9. The minimum atomic E-state index is -1.64. The molecule has 7 heteroatoms. The molecule has 0 aliphatic heterocycles. The minimum absolute atomic E-state index is 0.00572. The van der Waals surface area contributed by atoms with Crippen LogP contribution in [0, 0.1) is 0 Å². The first kappa shape index (κ1) is 19.3. The highest BCUT2D eigenvalue weighted by molar-refractivity contribution is 9.10. The van der Waals surface area contributed by atoms with Crippen LogP contribution in [-0.2, 0) is 14.9 Å². The fourth-order valence-electron chi connectivity index (χ4n) is 3.05. The highest BCUT2D eigenvalue weighted by atomic mass is 79.9. The summed E-state index contributed by atoms with van der Waals surface area (Å²) in [6.45, 7) is -0.290. The summed E-state index contributed by atoms with van der Waals surface area (Å²) < 4.78 is 4.62. The van der Waals surface area contributed by atoms with Crippen molar-refractivity contribution in [2.45, 2.75) is 21.5 Å². The van der Waals surface area contributed by atoms with Crippen LogP contribution >= 0.6 is 62.3 Å². The summed E-state index contributed by atoms with van der Waals surface area (Å²) in [5.41, 5.74) is 1.13. The van der Waals surface area contributed by atoms with Crippen LogP contribution in [0.3, 0.4) is 0 Å². The van der Waals surface area contributed by atoms with Gasteiger partial charge in [-0.2, -0.15) is 0 Å². The average Bonchev–Trinajstić information content (AvgIpc) is 3.30. The Morgan fingerprint density at radius 2 is 1.72 bits per heavy atom. The summed E-state index contributed by atoms with van der Waals surface area (Å²) in [6, 6.07) is 15.1.